The zero-order valence-electron chi connectivity index (χ0n) is 10.1. The van der Waals surface area contributed by atoms with E-state index in [0.29, 0.717) is 17.8 Å². The topological polar surface area (TPSA) is 60.9 Å². The smallest absolute Gasteiger partial charge is 0.253 e. The minimum atomic E-state index is -0.356. The second-order valence-corrected chi connectivity index (χ2v) is 4.13. The Balaban J connectivity index is 2.31. The van der Waals surface area contributed by atoms with Gasteiger partial charge in [-0.3, -0.25) is 9.36 Å². The quantitative estimate of drug-likeness (QED) is 0.886. The first-order valence-electron chi connectivity index (χ1n) is 5.60. The Morgan fingerprint density at radius 1 is 1.39 bits per heavy atom. The fraction of sp³-hybridized carbons (Fsp3) is 0.231. The third-order valence-corrected chi connectivity index (χ3v) is 2.71. The molecule has 94 valence electrons. The molecule has 2 rings (SSSR count). The molecule has 2 N–H and O–H groups in total. The lowest BCUT2D eigenvalue weighted by Gasteiger charge is -2.07. The van der Waals surface area contributed by atoms with Crippen molar-refractivity contribution in [2.75, 3.05) is 0 Å². The number of nitrogens with zero attached hydrogens (tertiary/aromatic N) is 2. The molecule has 0 aliphatic carbocycles. The van der Waals surface area contributed by atoms with Gasteiger partial charge in [0.15, 0.2) is 0 Å². The lowest BCUT2D eigenvalue weighted by atomic mass is 10.1. The summed E-state index contributed by atoms with van der Waals surface area (Å²) in [6.45, 7) is 2.20. The monoisotopic (exact) mass is 247 g/mol. The van der Waals surface area contributed by atoms with Crippen molar-refractivity contribution in [2.45, 2.75) is 20.0 Å². The number of rotatable bonds is 3. The molecule has 1 aromatic carbocycles. The van der Waals surface area contributed by atoms with Crippen LogP contribution in [0.4, 0.5) is 4.39 Å². The molecule has 0 atom stereocenters. The Morgan fingerprint density at radius 3 is 2.78 bits per heavy atom. The van der Waals surface area contributed by atoms with Gasteiger partial charge in [0.25, 0.3) is 5.56 Å². The molecule has 0 saturated carbocycles. The Labute approximate surface area is 104 Å². The van der Waals surface area contributed by atoms with E-state index in [2.05, 4.69) is 4.98 Å². The third kappa shape index (κ3) is 2.62. The number of hydrogen-bond acceptors (Lipinski definition) is 3. The average molecular weight is 247 g/mol. The number of benzene rings is 1. The second-order valence-electron chi connectivity index (χ2n) is 4.13. The highest BCUT2D eigenvalue weighted by Gasteiger charge is 2.05. The molecule has 2 aromatic rings. The van der Waals surface area contributed by atoms with Crippen LogP contribution in [-0.4, -0.2) is 9.55 Å². The van der Waals surface area contributed by atoms with Gasteiger partial charge in [0, 0.05) is 23.9 Å². The molecule has 1 aromatic heterocycles. The van der Waals surface area contributed by atoms with Gasteiger partial charge in [-0.05, 0) is 18.6 Å². The largest absolute Gasteiger partial charge is 0.326 e. The number of aromatic nitrogens is 2. The Morgan fingerprint density at radius 2 is 2.17 bits per heavy atom. The van der Waals surface area contributed by atoms with Crippen LogP contribution < -0.4 is 11.3 Å². The van der Waals surface area contributed by atoms with Gasteiger partial charge >= 0.3 is 0 Å². The molecule has 0 amide bonds. The fourth-order valence-electron chi connectivity index (χ4n) is 1.66. The third-order valence-electron chi connectivity index (χ3n) is 2.71. The van der Waals surface area contributed by atoms with Gasteiger partial charge in [-0.25, -0.2) is 9.37 Å². The first kappa shape index (κ1) is 12.4. The van der Waals surface area contributed by atoms with Gasteiger partial charge < -0.3 is 5.73 Å². The summed E-state index contributed by atoms with van der Waals surface area (Å²) in [7, 11) is 0. The van der Waals surface area contributed by atoms with Gasteiger partial charge in [-0.1, -0.05) is 12.1 Å². The zero-order chi connectivity index (χ0) is 13.1. The summed E-state index contributed by atoms with van der Waals surface area (Å²) in [5.74, 6) is -0.356. The minimum Gasteiger partial charge on any atom is -0.326 e. The Bertz CT molecular complexity index is 622. The van der Waals surface area contributed by atoms with Crippen LogP contribution in [0.1, 0.15) is 16.8 Å². The van der Waals surface area contributed by atoms with E-state index in [9.17, 15) is 9.18 Å². The van der Waals surface area contributed by atoms with Crippen LogP contribution in [0.15, 0.2) is 35.4 Å². The van der Waals surface area contributed by atoms with Crippen LogP contribution in [0.5, 0.6) is 0 Å². The number of nitrogens with two attached hydrogens (primary N) is 1. The summed E-state index contributed by atoms with van der Waals surface area (Å²) < 4.78 is 15.1. The first-order valence-corrected chi connectivity index (χ1v) is 5.60. The van der Waals surface area contributed by atoms with E-state index in [1.165, 1.54) is 23.0 Å². The molecule has 0 saturated heterocycles. The molecule has 5 heteroatoms. The number of hydrogen-bond donors (Lipinski definition) is 1. The van der Waals surface area contributed by atoms with Crippen molar-refractivity contribution in [2.24, 2.45) is 5.73 Å². The molecule has 0 spiro atoms. The summed E-state index contributed by atoms with van der Waals surface area (Å²) in [4.78, 5) is 15.7. The van der Waals surface area contributed by atoms with Gasteiger partial charge in [-0.15, -0.1) is 0 Å². The predicted molar refractivity (Wildman–Crippen MR) is 66.6 cm³/mol. The van der Waals surface area contributed by atoms with Crippen LogP contribution in [-0.2, 0) is 13.1 Å². The minimum absolute atomic E-state index is 0.169. The van der Waals surface area contributed by atoms with E-state index in [0.717, 1.165) is 5.56 Å². The molecular formula is C13H14FN3O. The summed E-state index contributed by atoms with van der Waals surface area (Å²) in [6, 6.07) is 6.21. The van der Waals surface area contributed by atoms with Crippen LogP contribution in [0, 0.1) is 12.7 Å². The molecule has 0 fully saturated rings. The van der Waals surface area contributed by atoms with Crippen molar-refractivity contribution in [1.82, 2.24) is 9.55 Å². The molecule has 4 nitrogen and oxygen atoms in total. The van der Waals surface area contributed by atoms with Crippen LogP contribution in [0.2, 0.25) is 0 Å². The van der Waals surface area contributed by atoms with E-state index in [1.807, 2.05) is 0 Å². The molecule has 0 aliphatic heterocycles. The molecule has 0 radical (unpaired) electrons. The lowest BCUT2D eigenvalue weighted by molar-refractivity contribution is 0.591. The second kappa shape index (κ2) is 5.10. The van der Waals surface area contributed by atoms with Crippen molar-refractivity contribution < 1.29 is 4.39 Å². The zero-order valence-corrected chi connectivity index (χ0v) is 10.1. The SMILES string of the molecule is Cc1cc(=O)n(Cc2ccc(CN)cc2F)cn1. The number of aryl methyl sites for hydroxylation is 1. The van der Waals surface area contributed by atoms with Gasteiger partial charge in [0.1, 0.15) is 5.82 Å². The lowest BCUT2D eigenvalue weighted by Crippen LogP contribution is -2.21. The van der Waals surface area contributed by atoms with Crippen molar-refractivity contribution in [1.29, 1.82) is 0 Å². The molecule has 18 heavy (non-hydrogen) atoms. The summed E-state index contributed by atoms with van der Waals surface area (Å²) >= 11 is 0. The van der Waals surface area contributed by atoms with Crippen molar-refractivity contribution in [3.8, 4) is 0 Å². The van der Waals surface area contributed by atoms with Crippen LogP contribution in [0.3, 0.4) is 0 Å². The maximum atomic E-state index is 13.7. The van der Waals surface area contributed by atoms with E-state index >= 15 is 0 Å². The van der Waals surface area contributed by atoms with E-state index < -0.39 is 0 Å². The van der Waals surface area contributed by atoms with Crippen molar-refractivity contribution >= 4 is 0 Å². The first-order chi connectivity index (χ1) is 8.60. The van der Waals surface area contributed by atoms with Gasteiger partial charge in [0.2, 0.25) is 0 Å². The van der Waals surface area contributed by atoms with E-state index in [-0.39, 0.29) is 17.9 Å². The summed E-state index contributed by atoms with van der Waals surface area (Å²) in [5, 5.41) is 0. The molecule has 0 aliphatic rings. The highest BCUT2D eigenvalue weighted by molar-refractivity contribution is 5.24. The maximum absolute atomic E-state index is 13.7. The average Bonchev–Trinajstić information content (AvgIpc) is 2.34. The van der Waals surface area contributed by atoms with Gasteiger partial charge in [-0.2, -0.15) is 0 Å². The molecule has 0 unspecified atom stereocenters. The van der Waals surface area contributed by atoms with Crippen LogP contribution >= 0.6 is 0 Å². The summed E-state index contributed by atoms with van der Waals surface area (Å²) in [6.07, 6.45) is 1.42. The fourth-order valence-corrected chi connectivity index (χ4v) is 1.66. The van der Waals surface area contributed by atoms with Crippen molar-refractivity contribution in [3.05, 3.63) is 63.6 Å². The summed E-state index contributed by atoms with van der Waals surface area (Å²) in [5.41, 5.74) is 7.06. The van der Waals surface area contributed by atoms with Gasteiger partial charge in [0.05, 0.1) is 12.9 Å². The van der Waals surface area contributed by atoms with Crippen LogP contribution in [0.25, 0.3) is 0 Å². The van der Waals surface area contributed by atoms with E-state index in [1.54, 1.807) is 19.1 Å². The Kier molecular flexibility index (Phi) is 3.53. The van der Waals surface area contributed by atoms with Crippen molar-refractivity contribution in [3.63, 3.8) is 0 Å². The molecular weight excluding hydrogens is 233 g/mol. The van der Waals surface area contributed by atoms with E-state index in [4.69, 9.17) is 5.73 Å². The predicted octanol–water partition coefficient (Wildman–Crippen LogP) is 1.20. The molecule has 1 heterocycles. The highest BCUT2D eigenvalue weighted by Crippen LogP contribution is 2.11. The number of halogens is 1. The standard InChI is InChI=1S/C13H14FN3O/c1-9-4-13(18)17(8-16-9)7-11-3-2-10(6-15)5-12(11)14/h2-5,8H,6-7,15H2,1H3. The molecule has 0 bridgehead atoms. The normalized spacial score (nSPS) is 10.6. The highest BCUT2D eigenvalue weighted by atomic mass is 19.1. The maximum Gasteiger partial charge on any atom is 0.253 e. The Hall–Kier alpha value is -2.01.